The van der Waals surface area contributed by atoms with Gasteiger partial charge in [-0.3, -0.25) is 0 Å². The number of hydrogen-bond donors (Lipinski definition) is 3. The number of carbonyl (C=O) groups is 1. The molecule has 1 unspecified atom stereocenters. The van der Waals surface area contributed by atoms with Gasteiger partial charge in [-0.15, -0.1) is 0 Å². The minimum Gasteiger partial charge on any atom is -0.389 e. The molecule has 2 rings (SSSR count). The summed E-state index contributed by atoms with van der Waals surface area (Å²) < 4.78 is 0. The lowest BCUT2D eigenvalue weighted by molar-refractivity contribution is 0.200. The quantitative estimate of drug-likeness (QED) is 0.799. The van der Waals surface area contributed by atoms with Crippen LogP contribution in [-0.4, -0.2) is 11.1 Å². The van der Waals surface area contributed by atoms with Crippen molar-refractivity contribution in [2.24, 2.45) is 0 Å². The van der Waals surface area contributed by atoms with E-state index < -0.39 is 6.10 Å². The van der Waals surface area contributed by atoms with Gasteiger partial charge in [0.25, 0.3) is 0 Å². The highest BCUT2D eigenvalue weighted by molar-refractivity contribution is 6.30. The molecule has 20 heavy (non-hydrogen) atoms. The first-order valence-electron chi connectivity index (χ1n) is 6.17. The molecule has 0 saturated heterocycles. The number of urea groups is 1. The summed E-state index contributed by atoms with van der Waals surface area (Å²) in [6.45, 7) is 1.65. The van der Waals surface area contributed by atoms with Gasteiger partial charge in [0.05, 0.1) is 6.10 Å². The van der Waals surface area contributed by atoms with Gasteiger partial charge in [-0.05, 0) is 31.2 Å². The number of nitrogens with one attached hydrogen (secondary N) is 2. The maximum absolute atomic E-state index is 11.9. The van der Waals surface area contributed by atoms with Crippen LogP contribution in [0.5, 0.6) is 0 Å². The van der Waals surface area contributed by atoms with Gasteiger partial charge in [-0.2, -0.15) is 0 Å². The van der Waals surface area contributed by atoms with Crippen LogP contribution in [0.1, 0.15) is 18.6 Å². The van der Waals surface area contributed by atoms with Crippen molar-refractivity contribution < 1.29 is 9.90 Å². The van der Waals surface area contributed by atoms with E-state index in [0.717, 1.165) is 0 Å². The van der Waals surface area contributed by atoms with Crippen molar-refractivity contribution in [3.63, 3.8) is 0 Å². The second-order valence-corrected chi connectivity index (χ2v) is 4.79. The molecule has 2 aromatic rings. The Bertz CT molecular complexity index is 614. The van der Waals surface area contributed by atoms with Gasteiger partial charge in [0.15, 0.2) is 0 Å². The van der Waals surface area contributed by atoms with Crippen LogP contribution < -0.4 is 10.6 Å². The van der Waals surface area contributed by atoms with Crippen LogP contribution in [0.2, 0.25) is 5.02 Å². The van der Waals surface area contributed by atoms with Crippen molar-refractivity contribution in [3.8, 4) is 0 Å². The van der Waals surface area contributed by atoms with Crippen molar-refractivity contribution in [1.29, 1.82) is 0 Å². The smallest absolute Gasteiger partial charge is 0.323 e. The fourth-order valence-electron chi connectivity index (χ4n) is 1.83. The number of benzene rings is 2. The largest absolute Gasteiger partial charge is 0.389 e. The van der Waals surface area contributed by atoms with Gasteiger partial charge < -0.3 is 15.7 Å². The molecule has 2 amide bonds. The summed E-state index contributed by atoms with van der Waals surface area (Å²) in [4.78, 5) is 11.9. The highest BCUT2D eigenvalue weighted by Gasteiger charge is 2.10. The molecule has 5 heteroatoms. The Morgan fingerprint density at radius 2 is 1.90 bits per heavy atom. The van der Waals surface area contributed by atoms with Crippen LogP contribution in [0.15, 0.2) is 48.5 Å². The molecular formula is C15H15ClN2O2. The van der Waals surface area contributed by atoms with E-state index in [1.807, 2.05) is 6.07 Å². The number of amides is 2. The number of anilines is 2. The van der Waals surface area contributed by atoms with Crippen molar-refractivity contribution in [1.82, 2.24) is 0 Å². The molecular weight excluding hydrogens is 276 g/mol. The molecule has 0 saturated carbocycles. The van der Waals surface area contributed by atoms with Gasteiger partial charge in [0, 0.05) is 22.0 Å². The van der Waals surface area contributed by atoms with E-state index in [-0.39, 0.29) is 6.03 Å². The van der Waals surface area contributed by atoms with E-state index in [1.54, 1.807) is 49.4 Å². The Morgan fingerprint density at radius 1 is 1.15 bits per heavy atom. The van der Waals surface area contributed by atoms with E-state index in [2.05, 4.69) is 10.6 Å². The molecule has 0 bridgehead atoms. The van der Waals surface area contributed by atoms with Gasteiger partial charge in [-0.1, -0.05) is 35.9 Å². The summed E-state index contributed by atoms with van der Waals surface area (Å²) in [5.74, 6) is 0. The predicted molar refractivity (Wildman–Crippen MR) is 81.2 cm³/mol. The van der Waals surface area contributed by atoms with Gasteiger partial charge in [0.2, 0.25) is 0 Å². The van der Waals surface area contributed by atoms with E-state index in [0.29, 0.717) is 22.0 Å². The fraction of sp³-hybridized carbons (Fsp3) is 0.133. The molecule has 0 aliphatic rings. The summed E-state index contributed by atoms with van der Waals surface area (Å²) in [6, 6.07) is 13.6. The van der Waals surface area contributed by atoms with Crippen molar-refractivity contribution in [3.05, 3.63) is 59.1 Å². The van der Waals surface area contributed by atoms with E-state index in [9.17, 15) is 9.90 Å². The second-order valence-electron chi connectivity index (χ2n) is 4.35. The lowest BCUT2D eigenvalue weighted by Gasteiger charge is -2.13. The van der Waals surface area contributed by atoms with Crippen molar-refractivity contribution >= 4 is 29.0 Å². The third-order valence-electron chi connectivity index (χ3n) is 2.74. The maximum Gasteiger partial charge on any atom is 0.323 e. The lowest BCUT2D eigenvalue weighted by atomic mass is 10.1. The topological polar surface area (TPSA) is 61.4 Å². The first kappa shape index (κ1) is 14.4. The first-order valence-corrected chi connectivity index (χ1v) is 6.54. The average Bonchev–Trinajstić information content (AvgIpc) is 2.38. The third kappa shape index (κ3) is 3.73. The molecule has 3 N–H and O–H groups in total. The number of halogens is 1. The van der Waals surface area contributed by atoms with Crippen LogP contribution in [0.25, 0.3) is 0 Å². The molecule has 4 nitrogen and oxygen atoms in total. The van der Waals surface area contributed by atoms with Crippen molar-refractivity contribution in [2.45, 2.75) is 13.0 Å². The number of rotatable bonds is 3. The summed E-state index contributed by atoms with van der Waals surface area (Å²) in [7, 11) is 0. The SMILES string of the molecule is CC(O)c1ccccc1NC(=O)Nc1cccc(Cl)c1. The Balaban J connectivity index is 2.09. The van der Waals surface area contributed by atoms with Crippen LogP contribution in [-0.2, 0) is 0 Å². The zero-order valence-electron chi connectivity index (χ0n) is 10.9. The maximum atomic E-state index is 11.9. The third-order valence-corrected chi connectivity index (χ3v) is 2.98. The molecule has 1 atom stereocenters. The highest BCUT2D eigenvalue weighted by atomic mass is 35.5. The lowest BCUT2D eigenvalue weighted by Crippen LogP contribution is -2.20. The van der Waals surface area contributed by atoms with Crippen LogP contribution in [0, 0.1) is 0 Å². The molecule has 0 aliphatic carbocycles. The fourth-order valence-corrected chi connectivity index (χ4v) is 2.02. The Hall–Kier alpha value is -2.04. The zero-order valence-corrected chi connectivity index (χ0v) is 11.7. The number of para-hydroxylation sites is 1. The number of aliphatic hydroxyl groups excluding tert-OH is 1. The standard InChI is InChI=1S/C15H15ClN2O2/c1-10(19)13-7-2-3-8-14(13)18-15(20)17-12-6-4-5-11(16)9-12/h2-10,19H,1H3,(H2,17,18,20). The molecule has 2 aromatic carbocycles. The van der Waals surface area contributed by atoms with E-state index in [4.69, 9.17) is 11.6 Å². The summed E-state index contributed by atoms with van der Waals surface area (Å²) in [5.41, 5.74) is 1.83. The average molecular weight is 291 g/mol. The van der Waals surface area contributed by atoms with Gasteiger partial charge in [-0.25, -0.2) is 4.79 Å². The normalized spacial score (nSPS) is 11.8. The number of carbonyl (C=O) groups excluding carboxylic acids is 1. The van der Waals surface area contributed by atoms with E-state index >= 15 is 0 Å². The number of aliphatic hydroxyl groups is 1. The zero-order chi connectivity index (χ0) is 14.5. The summed E-state index contributed by atoms with van der Waals surface area (Å²) >= 11 is 5.85. The Morgan fingerprint density at radius 3 is 2.60 bits per heavy atom. The predicted octanol–water partition coefficient (Wildman–Crippen LogP) is 4.04. The molecule has 0 radical (unpaired) electrons. The Labute approximate surface area is 122 Å². The van der Waals surface area contributed by atoms with Crippen LogP contribution >= 0.6 is 11.6 Å². The molecule has 104 valence electrons. The van der Waals surface area contributed by atoms with Gasteiger partial charge in [0.1, 0.15) is 0 Å². The minimum absolute atomic E-state index is 0.389. The van der Waals surface area contributed by atoms with Crippen LogP contribution in [0.4, 0.5) is 16.2 Å². The Kier molecular flexibility index (Phi) is 4.61. The molecule has 0 heterocycles. The molecule has 0 spiro atoms. The number of hydrogen-bond acceptors (Lipinski definition) is 2. The first-order chi connectivity index (χ1) is 9.56. The molecule has 0 fully saturated rings. The highest BCUT2D eigenvalue weighted by Crippen LogP contribution is 2.22. The molecule has 0 aromatic heterocycles. The van der Waals surface area contributed by atoms with Crippen LogP contribution in [0.3, 0.4) is 0 Å². The summed E-state index contributed by atoms with van der Waals surface area (Å²) in [6.07, 6.45) is -0.655. The minimum atomic E-state index is -0.655. The molecule has 0 aliphatic heterocycles. The summed E-state index contributed by atoms with van der Waals surface area (Å²) in [5, 5.41) is 15.6. The second kappa shape index (κ2) is 6.41. The van der Waals surface area contributed by atoms with E-state index in [1.165, 1.54) is 0 Å². The monoisotopic (exact) mass is 290 g/mol. The van der Waals surface area contributed by atoms with Gasteiger partial charge >= 0.3 is 6.03 Å². The van der Waals surface area contributed by atoms with Crippen molar-refractivity contribution in [2.75, 3.05) is 10.6 Å².